The Morgan fingerprint density at radius 3 is 2.90 bits per heavy atom. The maximum absolute atomic E-state index is 13.0. The van der Waals surface area contributed by atoms with Gasteiger partial charge in [0.25, 0.3) is 5.91 Å². The Balaban J connectivity index is 1.52. The molecule has 0 spiro atoms. The van der Waals surface area contributed by atoms with Gasteiger partial charge in [-0.15, -0.1) is 0 Å². The van der Waals surface area contributed by atoms with Gasteiger partial charge in [0, 0.05) is 43.5 Å². The van der Waals surface area contributed by atoms with Crippen molar-refractivity contribution >= 4 is 22.7 Å². The molecule has 0 saturated carbocycles. The minimum absolute atomic E-state index is 0.111. The van der Waals surface area contributed by atoms with E-state index in [0.29, 0.717) is 13.1 Å². The highest BCUT2D eigenvalue weighted by molar-refractivity contribution is 5.86. The number of fused-ring (bicyclic) bond motifs is 1. The van der Waals surface area contributed by atoms with Crippen LogP contribution in [0.3, 0.4) is 0 Å². The van der Waals surface area contributed by atoms with Gasteiger partial charge in [-0.2, -0.15) is 5.10 Å². The fourth-order valence-corrected chi connectivity index (χ4v) is 3.70. The molecule has 4 rings (SSSR count). The smallest absolute Gasteiger partial charge is 0.251 e. The maximum atomic E-state index is 13.0. The number of rotatable bonds is 5. The summed E-state index contributed by atoms with van der Waals surface area (Å²) < 4.78 is 7.31. The first-order valence-corrected chi connectivity index (χ1v) is 9.58. The fraction of sp³-hybridized carbons (Fsp3) is 0.333. The van der Waals surface area contributed by atoms with E-state index >= 15 is 0 Å². The van der Waals surface area contributed by atoms with Crippen molar-refractivity contribution < 1.29 is 14.3 Å². The lowest BCUT2D eigenvalue weighted by Gasteiger charge is -2.39. The molecule has 29 heavy (non-hydrogen) atoms. The molecule has 1 N–H and O–H groups in total. The molecular formula is C21H23N5O3. The van der Waals surface area contributed by atoms with Gasteiger partial charge >= 0.3 is 0 Å². The molecule has 1 fully saturated rings. The number of nitrogens with zero attached hydrogens (tertiary/aromatic N) is 4. The largest absolute Gasteiger partial charge is 0.356 e. The molecule has 3 aromatic rings. The van der Waals surface area contributed by atoms with Crippen LogP contribution in [0.25, 0.3) is 10.9 Å². The molecule has 2 amide bonds. The van der Waals surface area contributed by atoms with E-state index in [4.69, 9.17) is 4.74 Å². The van der Waals surface area contributed by atoms with E-state index < -0.39 is 12.1 Å². The summed E-state index contributed by atoms with van der Waals surface area (Å²) in [6.45, 7) is 2.60. The summed E-state index contributed by atoms with van der Waals surface area (Å²) in [7, 11) is 1.80. The van der Waals surface area contributed by atoms with Gasteiger partial charge in [-0.05, 0) is 24.6 Å². The summed E-state index contributed by atoms with van der Waals surface area (Å²) in [5.74, 6) is -0.401. The van der Waals surface area contributed by atoms with Crippen molar-refractivity contribution in [2.24, 2.45) is 7.05 Å². The number of benzene rings is 1. The molecule has 1 saturated heterocycles. The van der Waals surface area contributed by atoms with Crippen LogP contribution in [0.2, 0.25) is 0 Å². The highest BCUT2D eigenvalue weighted by atomic mass is 16.5. The molecule has 0 aliphatic carbocycles. The lowest BCUT2D eigenvalue weighted by Crippen LogP contribution is -2.54. The Morgan fingerprint density at radius 1 is 1.31 bits per heavy atom. The Labute approximate surface area is 168 Å². The zero-order valence-corrected chi connectivity index (χ0v) is 16.4. The quantitative estimate of drug-likeness (QED) is 0.711. The van der Waals surface area contributed by atoms with Crippen molar-refractivity contribution in [2.45, 2.75) is 25.6 Å². The monoisotopic (exact) mass is 393 g/mol. The van der Waals surface area contributed by atoms with E-state index in [1.807, 2.05) is 43.5 Å². The Morgan fingerprint density at radius 2 is 2.14 bits per heavy atom. The lowest BCUT2D eigenvalue weighted by molar-refractivity contribution is -0.164. The Kier molecular flexibility index (Phi) is 5.26. The average molecular weight is 393 g/mol. The molecule has 3 heterocycles. The van der Waals surface area contributed by atoms with Gasteiger partial charge in [0.15, 0.2) is 6.10 Å². The Bertz CT molecular complexity index is 1050. The number of aromatic nitrogens is 3. The van der Waals surface area contributed by atoms with Crippen LogP contribution in [-0.4, -0.2) is 50.7 Å². The number of pyridine rings is 1. The van der Waals surface area contributed by atoms with E-state index in [2.05, 4.69) is 15.4 Å². The number of nitrogens with one attached hydrogen (secondary N) is 1. The number of para-hydroxylation sites is 1. The maximum Gasteiger partial charge on any atom is 0.251 e. The third-order valence-corrected chi connectivity index (χ3v) is 5.11. The first-order chi connectivity index (χ1) is 14.1. The molecule has 0 bridgehead atoms. The van der Waals surface area contributed by atoms with Gasteiger partial charge < -0.3 is 15.0 Å². The van der Waals surface area contributed by atoms with E-state index in [1.165, 1.54) is 0 Å². The van der Waals surface area contributed by atoms with Gasteiger partial charge in [0.2, 0.25) is 5.91 Å². The molecular weight excluding hydrogens is 370 g/mol. The predicted octanol–water partition coefficient (Wildman–Crippen LogP) is 1.57. The summed E-state index contributed by atoms with van der Waals surface area (Å²) in [5.41, 5.74) is 2.58. The first kappa shape index (κ1) is 19.1. The van der Waals surface area contributed by atoms with Crippen molar-refractivity contribution in [3.63, 3.8) is 0 Å². The van der Waals surface area contributed by atoms with Crippen molar-refractivity contribution in [3.05, 3.63) is 60.0 Å². The summed E-state index contributed by atoms with van der Waals surface area (Å²) in [6, 6.07) is 9.33. The predicted molar refractivity (Wildman–Crippen MR) is 107 cm³/mol. The SMILES string of the molecule is CCN1C(=O)CO[C@H](C(=O)NCc2cnc3ccccc3c2)[C@H]1c1cnn(C)c1. The second kappa shape index (κ2) is 8.00. The molecule has 2 atom stereocenters. The summed E-state index contributed by atoms with van der Waals surface area (Å²) >= 11 is 0. The van der Waals surface area contributed by atoms with Crippen LogP contribution in [0.5, 0.6) is 0 Å². The van der Waals surface area contributed by atoms with Crippen molar-refractivity contribution in [2.75, 3.05) is 13.2 Å². The van der Waals surface area contributed by atoms with Gasteiger partial charge in [-0.3, -0.25) is 19.3 Å². The first-order valence-electron chi connectivity index (χ1n) is 9.58. The number of carbonyl (C=O) groups is 2. The molecule has 1 aliphatic rings. The molecule has 1 aliphatic heterocycles. The van der Waals surface area contributed by atoms with Gasteiger partial charge in [-0.1, -0.05) is 18.2 Å². The average Bonchev–Trinajstić information content (AvgIpc) is 3.17. The molecule has 1 aromatic carbocycles. The highest BCUT2D eigenvalue weighted by Crippen LogP contribution is 2.30. The number of carbonyl (C=O) groups excluding carboxylic acids is 2. The molecule has 8 nitrogen and oxygen atoms in total. The standard InChI is InChI=1S/C21H23N5O3/c1-3-26-18(27)13-29-20(19(26)16-11-24-25(2)12-16)21(28)23-10-14-8-15-6-4-5-7-17(15)22-9-14/h4-9,11-12,19-20H,3,10,13H2,1-2H3,(H,23,28)/t19-,20+/m1/s1. The number of hydrogen-bond acceptors (Lipinski definition) is 5. The van der Waals surface area contributed by atoms with Crippen molar-refractivity contribution in [1.82, 2.24) is 25.0 Å². The second-order valence-corrected chi connectivity index (χ2v) is 7.06. The second-order valence-electron chi connectivity index (χ2n) is 7.06. The zero-order valence-electron chi connectivity index (χ0n) is 16.4. The number of aryl methyl sites for hydroxylation is 1. The molecule has 2 aromatic heterocycles. The third kappa shape index (κ3) is 3.84. The summed E-state index contributed by atoms with van der Waals surface area (Å²) in [5, 5.41) is 8.13. The van der Waals surface area contributed by atoms with Crippen molar-refractivity contribution in [1.29, 1.82) is 0 Å². The minimum Gasteiger partial charge on any atom is -0.356 e. The van der Waals surface area contributed by atoms with E-state index in [1.54, 1.807) is 29.0 Å². The van der Waals surface area contributed by atoms with Crippen LogP contribution >= 0.6 is 0 Å². The summed E-state index contributed by atoms with van der Waals surface area (Å²) in [6.07, 6.45) is 4.43. The third-order valence-electron chi connectivity index (χ3n) is 5.11. The van der Waals surface area contributed by atoms with Crippen LogP contribution in [0.15, 0.2) is 48.9 Å². The minimum atomic E-state index is -0.801. The van der Waals surface area contributed by atoms with Crippen LogP contribution in [0, 0.1) is 0 Å². The number of morpholine rings is 1. The lowest BCUT2D eigenvalue weighted by atomic mass is 10.00. The molecule has 0 radical (unpaired) electrons. The normalized spacial score (nSPS) is 19.5. The van der Waals surface area contributed by atoms with Crippen LogP contribution < -0.4 is 5.32 Å². The Hall–Kier alpha value is -3.26. The van der Waals surface area contributed by atoms with E-state index in [-0.39, 0.29) is 18.4 Å². The number of ether oxygens (including phenoxy) is 1. The fourth-order valence-electron chi connectivity index (χ4n) is 3.70. The number of likely N-dealkylation sites (N-methyl/N-ethyl adjacent to an activating group) is 1. The van der Waals surface area contributed by atoms with Gasteiger partial charge in [0.05, 0.1) is 17.8 Å². The molecule has 8 heteroatoms. The number of amides is 2. The zero-order chi connectivity index (χ0) is 20.4. The molecule has 150 valence electrons. The van der Waals surface area contributed by atoms with E-state index in [9.17, 15) is 9.59 Å². The van der Waals surface area contributed by atoms with Crippen LogP contribution in [0.4, 0.5) is 0 Å². The van der Waals surface area contributed by atoms with Crippen LogP contribution in [0.1, 0.15) is 24.1 Å². The van der Waals surface area contributed by atoms with E-state index in [0.717, 1.165) is 22.0 Å². The summed E-state index contributed by atoms with van der Waals surface area (Å²) in [4.78, 5) is 31.4. The topological polar surface area (TPSA) is 89.3 Å². The number of hydrogen-bond donors (Lipinski definition) is 1. The van der Waals surface area contributed by atoms with Gasteiger partial charge in [-0.25, -0.2) is 0 Å². The van der Waals surface area contributed by atoms with Crippen LogP contribution in [-0.2, 0) is 27.9 Å². The van der Waals surface area contributed by atoms with Gasteiger partial charge in [0.1, 0.15) is 6.61 Å². The van der Waals surface area contributed by atoms with Crippen molar-refractivity contribution in [3.8, 4) is 0 Å². The molecule has 0 unspecified atom stereocenters. The highest BCUT2D eigenvalue weighted by Gasteiger charge is 2.41.